The Balaban J connectivity index is 1.78. The Morgan fingerprint density at radius 3 is 3.00 bits per heavy atom. The molecule has 2 unspecified atom stereocenters. The average Bonchev–Trinajstić information content (AvgIpc) is 3.02. The summed E-state index contributed by atoms with van der Waals surface area (Å²) >= 11 is 0. The quantitative estimate of drug-likeness (QED) is 0.524. The molecule has 3 N–H and O–H groups in total. The number of aliphatic imine (C=N–C) groups is 1. The summed E-state index contributed by atoms with van der Waals surface area (Å²) in [4.78, 5) is 6.40. The maximum absolute atomic E-state index is 10.4. The Morgan fingerprint density at radius 1 is 1.55 bits per heavy atom. The van der Waals surface area contributed by atoms with Crippen LogP contribution in [0.4, 0.5) is 0 Å². The van der Waals surface area contributed by atoms with Crippen molar-refractivity contribution in [2.45, 2.75) is 18.6 Å². The number of nitrogens with zero attached hydrogens (tertiary/aromatic N) is 2. The van der Waals surface area contributed by atoms with Crippen LogP contribution < -0.4 is 10.6 Å². The second-order valence-electron chi connectivity index (χ2n) is 5.81. The molecule has 1 saturated heterocycles. The van der Waals surface area contributed by atoms with Crippen LogP contribution in [0.5, 0.6) is 0 Å². The van der Waals surface area contributed by atoms with Crippen LogP contribution in [0.25, 0.3) is 0 Å². The molecular formula is C15H26N4O3. The summed E-state index contributed by atoms with van der Waals surface area (Å²) in [5.74, 6) is 1.15. The van der Waals surface area contributed by atoms with Crippen molar-refractivity contribution in [1.29, 1.82) is 0 Å². The molecule has 7 heteroatoms. The highest BCUT2D eigenvalue weighted by Crippen LogP contribution is 2.19. The third-order valence-electron chi connectivity index (χ3n) is 3.71. The maximum Gasteiger partial charge on any atom is 0.191 e. The number of rotatable bonds is 5. The van der Waals surface area contributed by atoms with Crippen molar-refractivity contribution in [1.82, 2.24) is 15.5 Å². The predicted molar refractivity (Wildman–Crippen MR) is 84.9 cm³/mol. The minimum Gasteiger partial charge on any atom is -0.466 e. The van der Waals surface area contributed by atoms with Gasteiger partial charge in [0, 0.05) is 26.7 Å². The van der Waals surface area contributed by atoms with Gasteiger partial charge in [-0.2, -0.15) is 0 Å². The van der Waals surface area contributed by atoms with E-state index < -0.39 is 5.60 Å². The van der Waals surface area contributed by atoms with E-state index in [4.69, 9.17) is 9.15 Å². The zero-order chi connectivity index (χ0) is 16.0. The molecule has 1 fully saturated rings. The van der Waals surface area contributed by atoms with Gasteiger partial charge in [-0.05, 0) is 26.1 Å². The first-order valence-corrected chi connectivity index (χ1v) is 7.52. The number of likely N-dealkylation sites (N-methyl/N-ethyl adjacent to an activating group) is 1. The number of ether oxygens (including phenoxy) is 1. The molecule has 22 heavy (non-hydrogen) atoms. The van der Waals surface area contributed by atoms with Crippen molar-refractivity contribution in [3.8, 4) is 0 Å². The Kier molecular flexibility index (Phi) is 5.82. The molecule has 1 aromatic heterocycles. The highest BCUT2D eigenvalue weighted by molar-refractivity contribution is 5.79. The molecular weight excluding hydrogens is 284 g/mol. The number of hydrogen-bond donors (Lipinski definition) is 3. The summed E-state index contributed by atoms with van der Waals surface area (Å²) < 4.78 is 11.0. The molecule has 0 bridgehead atoms. The van der Waals surface area contributed by atoms with E-state index in [1.54, 1.807) is 32.4 Å². The maximum atomic E-state index is 10.4. The van der Waals surface area contributed by atoms with E-state index in [0.717, 1.165) is 19.7 Å². The summed E-state index contributed by atoms with van der Waals surface area (Å²) in [7, 11) is 3.79. The van der Waals surface area contributed by atoms with Crippen LogP contribution in [0.2, 0.25) is 0 Å². The van der Waals surface area contributed by atoms with Crippen molar-refractivity contribution in [2.75, 3.05) is 46.9 Å². The van der Waals surface area contributed by atoms with Gasteiger partial charge in [-0.1, -0.05) is 0 Å². The van der Waals surface area contributed by atoms with E-state index in [1.165, 1.54) is 0 Å². The van der Waals surface area contributed by atoms with Crippen molar-refractivity contribution in [3.05, 3.63) is 24.2 Å². The summed E-state index contributed by atoms with van der Waals surface area (Å²) in [5, 5.41) is 16.7. The van der Waals surface area contributed by atoms with Gasteiger partial charge >= 0.3 is 0 Å². The minimum absolute atomic E-state index is 0.142. The van der Waals surface area contributed by atoms with Gasteiger partial charge < -0.3 is 29.8 Å². The molecule has 7 nitrogen and oxygen atoms in total. The van der Waals surface area contributed by atoms with Crippen molar-refractivity contribution in [3.63, 3.8) is 0 Å². The Morgan fingerprint density at radius 2 is 2.36 bits per heavy atom. The number of hydrogen-bond acceptors (Lipinski definition) is 5. The molecule has 1 aliphatic rings. The van der Waals surface area contributed by atoms with Gasteiger partial charge in [0.05, 0.1) is 25.5 Å². The number of nitrogens with one attached hydrogen (secondary N) is 2. The van der Waals surface area contributed by atoms with E-state index in [1.807, 2.05) is 0 Å². The summed E-state index contributed by atoms with van der Waals surface area (Å²) in [5.41, 5.74) is -1.09. The molecule has 0 aromatic carbocycles. The number of morpholine rings is 1. The summed E-state index contributed by atoms with van der Waals surface area (Å²) in [6.07, 6.45) is 1.69. The first kappa shape index (κ1) is 16.8. The molecule has 2 rings (SSSR count). The zero-order valence-electron chi connectivity index (χ0n) is 13.5. The summed E-state index contributed by atoms with van der Waals surface area (Å²) in [6, 6.07) is 3.51. The van der Waals surface area contributed by atoms with E-state index in [9.17, 15) is 5.11 Å². The number of guanidine groups is 1. The first-order chi connectivity index (χ1) is 10.5. The number of aliphatic hydroxyl groups is 1. The normalized spacial score (nSPS) is 23.1. The number of furan rings is 1. The van der Waals surface area contributed by atoms with Gasteiger partial charge in [-0.25, -0.2) is 0 Å². The highest BCUT2D eigenvalue weighted by Gasteiger charge is 2.26. The largest absolute Gasteiger partial charge is 0.466 e. The third-order valence-corrected chi connectivity index (χ3v) is 3.71. The van der Waals surface area contributed by atoms with E-state index >= 15 is 0 Å². The van der Waals surface area contributed by atoms with Gasteiger partial charge in [-0.15, -0.1) is 0 Å². The summed E-state index contributed by atoms with van der Waals surface area (Å²) in [6.45, 7) is 5.29. The van der Waals surface area contributed by atoms with Crippen LogP contribution in [0, 0.1) is 0 Å². The zero-order valence-corrected chi connectivity index (χ0v) is 13.5. The molecule has 0 spiro atoms. The lowest BCUT2D eigenvalue weighted by Gasteiger charge is -2.30. The van der Waals surface area contributed by atoms with Crippen LogP contribution in [0.3, 0.4) is 0 Å². The van der Waals surface area contributed by atoms with Crippen LogP contribution in [0.1, 0.15) is 12.7 Å². The van der Waals surface area contributed by atoms with E-state index in [2.05, 4.69) is 27.6 Å². The SMILES string of the molecule is CN=C(NCC1CN(C)CCO1)NCC(C)(O)c1ccco1. The molecule has 2 atom stereocenters. The van der Waals surface area contributed by atoms with Crippen molar-refractivity contribution < 1.29 is 14.3 Å². The van der Waals surface area contributed by atoms with Gasteiger partial charge in [0.2, 0.25) is 0 Å². The molecule has 124 valence electrons. The lowest BCUT2D eigenvalue weighted by molar-refractivity contribution is -0.0161. The second kappa shape index (κ2) is 7.62. The van der Waals surface area contributed by atoms with Crippen molar-refractivity contribution in [2.24, 2.45) is 4.99 Å². The van der Waals surface area contributed by atoms with Crippen LogP contribution in [-0.4, -0.2) is 69.0 Å². The molecule has 0 saturated carbocycles. The lowest BCUT2D eigenvalue weighted by atomic mass is 10.0. The molecule has 1 aromatic rings. The third kappa shape index (κ3) is 4.72. The minimum atomic E-state index is -1.09. The van der Waals surface area contributed by atoms with Gasteiger partial charge in [0.15, 0.2) is 5.96 Å². The molecule has 0 radical (unpaired) electrons. The topological polar surface area (TPSA) is 82.3 Å². The standard InChI is InChI=1S/C15H26N4O3/c1-15(20,13-5-4-7-22-13)11-18-14(16-2)17-9-12-10-19(3)6-8-21-12/h4-5,7,12,20H,6,8-11H2,1-3H3,(H2,16,17,18). The van der Waals surface area contributed by atoms with Crippen LogP contribution in [0.15, 0.2) is 27.8 Å². The van der Waals surface area contributed by atoms with Crippen LogP contribution >= 0.6 is 0 Å². The second-order valence-corrected chi connectivity index (χ2v) is 5.81. The van der Waals surface area contributed by atoms with E-state index in [-0.39, 0.29) is 6.10 Å². The Bertz CT molecular complexity index is 473. The molecule has 1 aliphatic heterocycles. The Hall–Kier alpha value is -1.57. The van der Waals surface area contributed by atoms with Crippen LogP contribution in [-0.2, 0) is 10.3 Å². The van der Waals surface area contributed by atoms with Crippen molar-refractivity contribution >= 4 is 5.96 Å². The smallest absolute Gasteiger partial charge is 0.191 e. The monoisotopic (exact) mass is 310 g/mol. The highest BCUT2D eigenvalue weighted by atomic mass is 16.5. The fraction of sp³-hybridized carbons (Fsp3) is 0.667. The molecule has 0 aliphatic carbocycles. The fourth-order valence-corrected chi connectivity index (χ4v) is 2.35. The Labute approximate surface area is 131 Å². The van der Waals surface area contributed by atoms with Gasteiger partial charge in [0.1, 0.15) is 11.4 Å². The predicted octanol–water partition coefficient (Wildman–Crippen LogP) is -0.0173. The van der Waals surface area contributed by atoms with Gasteiger partial charge in [-0.3, -0.25) is 4.99 Å². The first-order valence-electron chi connectivity index (χ1n) is 7.52. The molecule has 2 heterocycles. The van der Waals surface area contributed by atoms with Gasteiger partial charge in [0.25, 0.3) is 0 Å². The average molecular weight is 310 g/mol. The lowest BCUT2D eigenvalue weighted by Crippen LogP contribution is -2.50. The fourth-order valence-electron chi connectivity index (χ4n) is 2.35. The van der Waals surface area contributed by atoms with E-state index in [0.29, 0.717) is 24.8 Å². The molecule has 0 amide bonds.